The lowest BCUT2D eigenvalue weighted by Gasteiger charge is -2.18. The summed E-state index contributed by atoms with van der Waals surface area (Å²) in [5.41, 5.74) is 9.02. The molecular formula is C15H14Cl3NO. The fraction of sp³-hybridized carbons (Fsp3) is 0.200. The predicted octanol–water partition coefficient (Wildman–Crippen LogP) is 5.01. The van der Waals surface area contributed by atoms with Crippen LogP contribution in [0, 0.1) is 6.92 Å². The molecule has 0 spiro atoms. The zero-order chi connectivity index (χ0) is 14.9. The van der Waals surface area contributed by atoms with Gasteiger partial charge in [0.25, 0.3) is 0 Å². The van der Waals surface area contributed by atoms with Crippen molar-refractivity contribution in [3.8, 4) is 5.75 Å². The fourth-order valence-corrected chi connectivity index (χ4v) is 2.84. The van der Waals surface area contributed by atoms with E-state index in [0.717, 1.165) is 16.7 Å². The van der Waals surface area contributed by atoms with Gasteiger partial charge in [0.1, 0.15) is 5.75 Å². The van der Waals surface area contributed by atoms with Gasteiger partial charge < -0.3 is 10.5 Å². The molecule has 0 aliphatic heterocycles. The lowest BCUT2D eigenvalue weighted by molar-refractivity contribution is 0.415. The van der Waals surface area contributed by atoms with Crippen molar-refractivity contribution < 1.29 is 4.74 Å². The molecule has 2 aromatic carbocycles. The third kappa shape index (κ3) is 3.04. The van der Waals surface area contributed by atoms with E-state index in [9.17, 15) is 0 Å². The molecule has 0 heterocycles. The van der Waals surface area contributed by atoms with Crippen molar-refractivity contribution in [2.75, 3.05) is 7.11 Å². The summed E-state index contributed by atoms with van der Waals surface area (Å²) in [6.45, 7) is 1.96. The van der Waals surface area contributed by atoms with Gasteiger partial charge in [0.15, 0.2) is 0 Å². The largest absolute Gasteiger partial charge is 0.495 e. The molecule has 2 N–H and O–H groups in total. The van der Waals surface area contributed by atoms with Crippen molar-refractivity contribution in [2.24, 2.45) is 5.73 Å². The number of methoxy groups -OCH3 is 1. The third-order valence-corrected chi connectivity index (χ3v) is 4.03. The molecule has 0 saturated heterocycles. The highest BCUT2D eigenvalue weighted by molar-refractivity contribution is 6.34. The Balaban J connectivity index is 2.48. The Bertz CT molecular complexity index is 643. The number of hydrogen-bond donors (Lipinski definition) is 1. The molecule has 0 fully saturated rings. The Hall–Kier alpha value is -0.930. The number of aryl methyl sites for hydroxylation is 1. The third-order valence-electron chi connectivity index (χ3n) is 3.17. The Morgan fingerprint density at radius 1 is 1.00 bits per heavy atom. The van der Waals surface area contributed by atoms with E-state index >= 15 is 0 Å². The molecule has 0 bridgehead atoms. The van der Waals surface area contributed by atoms with Crippen LogP contribution in [-0.4, -0.2) is 7.11 Å². The molecule has 2 aromatic rings. The van der Waals surface area contributed by atoms with E-state index < -0.39 is 0 Å². The van der Waals surface area contributed by atoms with Gasteiger partial charge in [-0.2, -0.15) is 0 Å². The Kier molecular flexibility index (Phi) is 4.82. The zero-order valence-corrected chi connectivity index (χ0v) is 13.4. The molecule has 1 unspecified atom stereocenters. The van der Waals surface area contributed by atoms with E-state index in [4.69, 9.17) is 45.3 Å². The Morgan fingerprint density at radius 3 is 2.30 bits per heavy atom. The second kappa shape index (κ2) is 6.23. The molecule has 106 valence electrons. The molecule has 0 aromatic heterocycles. The topological polar surface area (TPSA) is 35.2 Å². The molecule has 1 atom stereocenters. The molecule has 2 rings (SSSR count). The highest BCUT2D eigenvalue weighted by Gasteiger charge is 2.17. The summed E-state index contributed by atoms with van der Waals surface area (Å²) in [6.07, 6.45) is 0. The standard InChI is InChI=1S/C15H14Cl3NO/c1-8-5-9(16)3-4-10(8)15(19)11-6-13(18)14(20-2)7-12(11)17/h3-7,15H,19H2,1-2H3. The molecule has 0 aliphatic carbocycles. The number of rotatable bonds is 3. The number of nitrogens with two attached hydrogens (primary N) is 1. The molecule has 5 heteroatoms. The van der Waals surface area contributed by atoms with Crippen LogP contribution in [0.25, 0.3) is 0 Å². The van der Waals surface area contributed by atoms with Crippen LogP contribution < -0.4 is 10.5 Å². The second-order valence-corrected chi connectivity index (χ2v) is 5.74. The van der Waals surface area contributed by atoms with Gasteiger partial charge in [-0.3, -0.25) is 0 Å². The van der Waals surface area contributed by atoms with E-state index in [2.05, 4.69) is 0 Å². The summed E-state index contributed by atoms with van der Waals surface area (Å²) >= 11 is 18.4. The van der Waals surface area contributed by atoms with Crippen molar-refractivity contribution in [3.05, 3.63) is 62.1 Å². The van der Waals surface area contributed by atoms with Crippen LogP contribution >= 0.6 is 34.8 Å². The fourth-order valence-electron chi connectivity index (χ4n) is 2.09. The van der Waals surface area contributed by atoms with Gasteiger partial charge in [0.05, 0.1) is 18.2 Å². The second-order valence-electron chi connectivity index (χ2n) is 4.49. The molecule has 0 aliphatic rings. The van der Waals surface area contributed by atoms with Gasteiger partial charge in [0.2, 0.25) is 0 Å². The highest BCUT2D eigenvalue weighted by Crippen LogP contribution is 2.36. The summed E-state index contributed by atoms with van der Waals surface area (Å²) in [5, 5.41) is 1.68. The van der Waals surface area contributed by atoms with Gasteiger partial charge in [0, 0.05) is 16.1 Å². The van der Waals surface area contributed by atoms with Gasteiger partial charge >= 0.3 is 0 Å². The predicted molar refractivity (Wildman–Crippen MR) is 85.2 cm³/mol. The molecule has 0 saturated carbocycles. The number of halogens is 3. The smallest absolute Gasteiger partial charge is 0.138 e. The van der Waals surface area contributed by atoms with Crippen LogP contribution in [0.1, 0.15) is 22.7 Å². The summed E-state index contributed by atoms with van der Waals surface area (Å²) in [7, 11) is 1.54. The maximum absolute atomic E-state index is 6.30. The lowest BCUT2D eigenvalue weighted by atomic mass is 9.95. The first-order valence-electron chi connectivity index (χ1n) is 5.98. The van der Waals surface area contributed by atoms with Gasteiger partial charge in [-0.05, 0) is 41.8 Å². The van der Waals surface area contributed by atoms with E-state index in [1.54, 1.807) is 19.2 Å². The van der Waals surface area contributed by atoms with Crippen molar-refractivity contribution >= 4 is 34.8 Å². The molecule has 0 amide bonds. The maximum atomic E-state index is 6.30. The lowest BCUT2D eigenvalue weighted by Crippen LogP contribution is -2.14. The summed E-state index contributed by atoms with van der Waals surface area (Å²) < 4.78 is 5.13. The SMILES string of the molecule is COc1cc(Cl)c(C(N)c2ccc(Cl)cc2C)cc1Cl. The van der Waals surface area contributed by atoms with Gasteiger partial charge in [-0.15, -0.1) is 0 Å². The van der Waals surface area contributed by atoms with Crippen LogP contribution in [0.15, 0.2) is 30.3 Å². The van der Waals surface area contributed by atoms with E-state index in [1.165, 1.54) is 0 Å². The highest BCUT2D eigenvalue weighted by atomic mass is 35.5. The Labute approximate surface area is 133 Å². The van der Waals surface area contributed by atoms with Crippen LogP contribution in [0.4, 0.5) is 0 Å². The van der Waals surface area contributed by atoms with Crippen LogP contribution in [-0.2, 0) is 0 Å². The molecule has 2 nitrogen and oxygen atoms in total. The minimum atomic E-state index is -0.372. The van der Waals surface area contributed by atoms with Crippen molar-refractivity contribution in [1.29, 1.82) is 0 Å². The summed E-state index contributed by atoms with van der Waals surface area (Å²) in [4.78, 5) is 0. The first-order valence-corrected chi connectivity index (χ1v) is 7.12. The zero-order valence-electron chi connectivity index (χ0n) is 11.1. The normalized spacial score (nSPS) is 12.3. The van der Waals surface area contributed by atoms with Crippen LogP contribution in [0.5, 0.6) is 5.75 Å². The Morgan fingerprint density at radius 2 is 1.70 bits per heavy atom. The van der Waals surface area contributed by atoms with E-state index in [1.807, 2.05) is 25.1 Å². The van der Waals surface area contributed by atoms with E-state index in [-0.39, 0.29) is 6.04 Å². The summed E-state index contributed by atoms with van der Waals surface area (Å²) in [6, 6.07) is 8.62. The van der Waals surface area contributed by atoms with Gasteiger partial charge in [-0.1, -0.05) is 40.9 Å². The average Bonchev–Trinajstić information content (AvgIpc) is 2.40. The van der Waals surface area contributed by atoms with Crippen molar-refractivity contribution in [1.82, 2.24) is 0 Å². The minimum absolute atomic E-state index is 0.372. The monoisotopic (exact) mass is 329 g/mol. The minimum Gasteiger partial charge on any atom is -0.495 e. The molecule has 20 heavy (non-hydrogen) atoms. The van der Waals surface area contributed by atoms with Crippen LogP contribution in [0.2, 0.25) is 15.1 Å². The first-order chi connectivity index (χ1) is 9.43. The first kappa shape index (κ1) is 15.5. The number of ether oxygens (including phenoxy) is 1. The van der Waals surface area contributed by atoms with Crippen molar-refractivity contribution in [2.45, 2.75) is 13.0 Å². The van der Waals surface area contributed by atoms with Gasteiger partial charge in [-0.25, -0.2) is 0 Å². The molecular weight excluding hydrogens is 317 g/mol. The maximum Gasteiger partial charge on any atom is 0.138 e. The average molecular weight is 331 g/mol. The van der Waals surface area contributed by atoms with Crippen LogP contribution in [0.3, 0.4) is 0 Å². The molecule has 0 radical (unpaired) electrons. The quantitative estimate of drug-likeness (QED) is 0.858. The number of benzene rings is 2. The van der Waals surface area contributed by atoms with E-state index in [0.29, 0.717) is 20.8 Å². The number of hydrogen-bond acceptors (Lipinski definition) is 2. The summed E-state index contributed by atoms with van der Waals surface area (Å²) in [5.74, 6) is 0.528. The van der Waals surface area contributed by atoms with Crippen molar-refractivity contribution in [3.63, 3.8) is 0 Å².